The van der Waals surface area contributed by atoms with Gasteiger partial charge in [0.2, 0.25) is 0 Å². The summed E-state index contributed by atoms with van der Waals surface area (Å²) in [4.78, 5) is 24.8. The zero-order chi connectivity index (χ0) is 15.6. The fourth-order valence-electron chi connectivity index (χ4n) is 1.98. The van der Waals surface area contributed by atoms with Crippen LogP contribution in [0.4, 0.5) is 13.2 Å². The first-order chi connectivity index (χ1) is 9.12. The SMILES string of the molecule is CCC(C)(OC(=O)C(F)(F)F)C(=O)N1CCNC[C@H]1C. The van der Waals surface area contributed by atoms with Crippen molar-refractivity contribution >= 4 is 11.9 Å². The highest BCUT2D eigenvalue weighted by molar-refractivity contribution is 5.88. The lowest BCUT2D eigenvalue weighted by Crippen LogP contribution is -2.59. The van der Waals surface area contributed by atoms with Crippen molar-refractivity contribution in [2.45, 2.75) is 45.0 Å². The molecule has 1 amide bonds. The molecule has 1 heterocycles. The van der Waals surface area contributed by atoms with Crippen molar-refractivity contribution in [1.82, 2.24) is 10.2 Å². The molecule has 0 aromatic rings. The van der Waals surface area contributed by atoms with Gasteiger partial charge in [0.15, 0.2) is 5.60 Å². The highest BCUT2D eigenvalue weighted by Gasteiger charge is 2.48. The maximum atomic E-state index is 12.4. The molecular weight excluding hydrogens is 277 g/mol. The summed E-state index contributed by atoms with van der Waals surface area (Å²) in [6.45, 7) is 5.99. The Labute approximate surface area is 115 Å². The number of alkyl halides is 3. The molecule has 0 aromatic heterocycles. The molecule has 0 aliphatic carbocycles. The van der Waals surface area contributed by atoms with Crippen LogP contribution in [-0.4, -0.2) is 54.2 Å². The molecule has 0 spiro atoms. The molecule has 0 aromatic carbocycles. The Morgan fingerprint density at radius 2 is 2.00 bits per heavy atom. The number of nitrogens with one attached hydrogen (secondary N) is 1. The minimum atomic E-state index is -5.11. The average Bonchev–Trinajstić information content (AvgIpc) is 2.37. The summed E-state index contributed by atoms with van der Waals surface area (Å²) in [5.41, 5.74) is -1.79. The second-order valence-electron chi connectivity index (χ2n) is 5.02. The maximum absolute atomic E-state index is 12.4. The molecule has 1 saturated heterocycles. The number of ether oxygens (including phenoxy) is 1. The summed E-state index contributed by atoms with van der Waals surface area (Å²) in [6.07, 6.45) is -5.13. The van der Waals surface area contributed by atoms with E-state index < -0.39 is 23.7 Å². The van der Waals surface area contributed by atoms with E-state index in [2.05, 4.69) is 10.1 Å². The third kappa shape index (κ3) is 3.62. The van der Waals surface area contributed by atoms with Gasteiger partial charge in [-0.1, -0.05) is 6.92 Å². The van der Waals surface area contributed by atoms with E-state index in [0.717, 1.165) is 0 Å². The predicted octanol–water partition coefficient (Wildman–Crippen LogP) is 1.08. The Bertz CT molecular complexity index is 387. The van der Waals surface area contributed by atoms with Gasteiger partial charge < -0.3 is 15.0 Å². The molecule has 0 bridgehead atoms. The molecule has 20 heavy (non-hydrogen) atoms. The van der Waals surface area contributed by atoms with Crippen molar-refractivity contribution in [2.75, 3.05) is 19.6 Å². The third-order valence-corrected chi connectivity index (χ3v) is 3.44. The number of hydrogen-bond acceptors (Lipinski definition) is 4. The molecule has 1 N–H and O–H groups in total. The van der Waals surface area contributed by atoms with Gasteiger partial charge in [-0.2, -0.15) is 13.2 Å². The van der Waals surface area contributed by atoms with Crippen molar-refractivity contribution in [2.24, 2.45) is 0 Å². The van der Waals surface area contributed by atoms with Crippen LogP contribution in [0.1, 0.15) is 27.2 Å². The number of amides is 1. The molecule has 116 valence electrons. The molecule has 1 fully saturated rings. The van der Waals surface area contributed by atoms with E-state index in [1.54, 1.807) is 6.92 Å². The number of rotatable bonds is 3. The first-order valence-corrected chi connectivity index (χ1v) is 6.43. The zero-order valence-electron chi connectivity index (χ0n) is 11.7. The Hall–Kier alpha value is -1.31. The number of carbonyl (C=O) groups is 2. The molecule has 1 rings (SSSR count). The lowest BCUT2D eigenvalue weighted by molar-refractivity contribution is -0.215. The number of nitrogens with zero attached hydrogens (tertiary/aromatic N) is 1. The first-order valence-electron chi connectivity index (χ1n) is 6.43. The number of hydrogen-bond donors (Lipinski definition) is 1. The van der Waals surface area contributed by atoms with E-state index in [9.17, 15) is 22.8 Å². The summed E-state index contributed by atoms with van der Waals surface area (Å²) in [6, 6.07) is -0.160. The Balaban J connectivity index is 2.86. The normalized spacial score (nSPS) is 23.1. The van der Waals surface area contributed by atoms with Crippen LogP contribution in [0.25, 0.3) is 0 Å². The van der Waals surface area contributed by atoms with Gasteiger partial charge in [-0.3, -0.25) is 4.79 Å². The molecule has 1 aliphatic rings. The van der Waals surface area contributed by atoms with Crippen LogP contribution in [0.3, 0.4) is 0 Å². The number of carbonyl (C=O) groups excluding carboxylic acids is 2. The molecule has 0 radical (unpaired) electrons. The van der Waals surface area contributed by atoms with Crippen molar-refractivity contribution in [3.63, 3.8) is 0 Å². The fraction of sp³-hybridized carbons (Fsp3) is 0.833. The largest absolute Gasteiger partial charge is 0.490 e. The van der Waals surface area contributed by atoms with Gasteiger partial charge in [0.1, 0.15) is 0 Å². The molecule has 2 atom stereocenters. The standard InChI is InChI=1S/C12H19F3N2O3/c1-4-11(3,20-10(19)12(13,14)15)9(18)17-6-5-16-7-8(17)2/h8,16H,4-7H2,1-3H3/t8-,11?/m1/s1. The van der Waals surface area contributed by atoms with Crippen LogP contribution in [0, 0.1) is 0 Å². The van der Waals surface area contributed by atoms with Crippen LogP contribution < -0.4 is 5.32 Å². The van der Waals surface area contributed by atoms with Gasteiger partial charge in [0, 0.05) is 25.7 Å². The van der Waals surface area contributed by atoms with Crippen LogP contribution in [0.15, 0.2) is 0 Å². The van der Waals surface area contributed by atoms with Crippen molar-refractivity contribution in [3.8, 4) is 0 Å². The smallest absolute Gasteiger partial charge is 0.443 e. The Morgan fingerprint density at radius 1 is 1.40 bits per heavy atom. The predicted molar refractivity (Wildman–Crippen MR) is 64.9 cm³/mol. The van der Waals surface area contributed by atoms with E-state index in [-0.39, 0.29) is 12.5 Å². The van der Waals surface area contributed by atoms with Crippen molar-refractivity contribution in [1.29, 1.82) is 0 Å². The fourth-order valence-corrected chi connectivity index (χ4v) is 1.98. The number of halogens is 3. The number of piperazine rings is 1. The minimum Gasteiger partial charge on any atom is -0.443 e. The van der Waals surface area contributed by atoms with E-state index in [0.29, 0.717) is 19.6 Å². The molecule has 8 heteroatoms. The highest BCUT2D eigenvalue weighted by Crippen LogP contribution is 2.26. The molecule has 0 saturated carbocycles. The average molecular weight is 296 g/mol. The molecular formula is C12H19F3N2O3. The maximum Gasteiger partial charge on any atom is 0.490 e. The summed E-state index contributed by atoms with van der Waals surface area (Å²) in [7, 11) is 0. The van der Waals surface area contributed by atoms with Crippen LogP contribution in [0.5, 0.6) is 0 Å². The van der Waals surface area contributed by atoms with Gasteiger partial charge >= 0.3 is 12.1 Å². The van der Waals surface area contributed by atoms with Gasteiger partial charge in [-0.15, -0.1) is 0 Å². The summed E-state index contributed by atoms with van der Waals surface area (Å²) in [5, 5.41) is 3.07. The Kier molecular flexibility index (Phi) is 5.01. The van der Waals surface area contributed by atoms with Crippen molar-refractivity contribution in [3.05, 3.63) is 0 Å². The quantitative estimate of drug-likeness (QED) is 0.792. The van der Waals surface area contributed by atoms with E-state index >= 15 is 0 Å². The van der Waals surface area contributed by atoms with Crippen LogP contribution >= 0.6 is 0 Å². The lowest BCUT2D eigenvalue weighted by atomic mass is 9.99. The minimum absolute atomic E-state index is 0.0235. The van der Waals surface area contributed by atoms with Gasteiger partial charge in [0.25, 0.3) is 5.91 Å². The zero-order valence-corrected chi connectivity index (χ0v) is 11.7. The second kappa shape index (κ2) is 5.99. The molecule has 1 aliphatic heterocycles. The highest BCUT2D eigenvalue weighted by atomic mass is 19.4. The van der Waals surface area contributed by atoms with Gasteiger partial charge in [-0.25, -0.2) is 4.79 Å². The molecule has 5 nitrogen and oxygen atoms in total. The second-order valence-corrected chi connectivity index (χ2v) is 5.02. The summed E-state index contributed by atoms with van der Waals surface area (Å²) < 4.78 is 41.3. The van der Waals surface area contributed by atoms with Crippen LogP contribution in [0.2, 0.25) is 0 Å². The summed E-state index contributed by atoms with van der Waals surface area (Å²) >= 11 is 0. The van der Waals surface area contributed by atoms with Gasteiger partial charge in [0.05, 0.1) is 0 Å². The summed E-state index contributed by atoms with van der Waals surface area (Å²) in [5.74, 6) is -2.93. The monoisotopic (exact) mass is 296 g/mol. The third-order valence-electron chi connectivity index (χ3n) is 3.44. The van der Waals surface area contributed by atoms with E-state index in [4.69, 9.17) is 0 Å². The van der Waals surface area contributed by atoms with Crippen molar-refractivity contribution < 1.29 is 27.5 Å². The lowest BCUT2D eigenvalue weighted by Gasteiger charge is -2.39. The van der Waals surface area contributed by atoms with E-state index in [1.807, 2.05) is 0 Å². The Morgan fingerprint density at radius 3 is 2.45 bits per heavy atom. The number of esters is 1. The van der Waals surface area contributed by atoms with Crippen LogP contribution in [-0.2, 0) is 14.3 Å². The molecule has 1 unspecified atom stereocenters. The van der Waals surface area contributed by atoms with E-state index in [1.165, 1.54) is 18.7 Å². The topological polar surface area (TPSA) is 58.6 Å². The van der Waals surface area contributed by atoms with Gasteiger partial charge in [-0.05, 0) is 20.3 Å². The first kappa shape index (κ1) is 16.7.